The minimum absolute atomic E-state index is 0. The number of hydrogen-bond donors (Lipinski definition) is 14. The van der Waals surface area contributed by atoms with Gasteiger partial charge in [-0.2, -0.15) is 9.59 Å². The topological polar surface area (TPSA) is 413 Å². The molecular formula is C95H183B4N10O17. The van der Waals surface area contributed by atoms with Gasteiger partial charge in [-0.3, -0.25) is 24.0 Å². The first-order chi connectivity index (χ1) is 57.8. The van der Waals surface area contributed by atoms with Crippen LogP contribution in [0, 0.1) is 75.4 Å². The Balaban J connectivity index is 0.000000507. The van der Waals surface area contributed by atoms with E-state index in [0.717, 1.165) is 149 Å². The second-order valence-corrected chi connectivity index (χ2v) is 43.5. The third-order valence-electron chi connectivity index (χ3n) is 29.3. The highest BCUT2D eigenvalue weighted by Gasteiger charge is 2.53. The predicted octanol–water partition coefficient (Wildman–Crippen LogP) is 12.3. The van der Waals surface area contributed by atoms with Gasteiger partial charge in [0.25, 0.3) is 0 Å². The molecular weight excluding hydrogens is 1600 g/mol. The first-order valence-electron chi connectivity index (χ1n) is 47.9. The normalized spacial score (nSPS) is 31.2. The van der Waals surface area contributed by atoms with E-state index in [-0.39, 0.29) is 119 Å². The molecule has 11 rings (SSSR count). The van der Waals surface area contributed by atoms with Crippen LogP contribution in [0.5, 0.6) is 0 Å². The lowest BCUT2D eigenvalue weighted by atomic mass is 9.61. The van der Waals surface area contributed by atoms with Gasteiger partial charge in [0, 0.05) is 60.0 Å². The molecule has 15 atom stereocenters. The molecule has 5 aliphatic carbocycles. The molecule has 0 spiro atoms. The van der Waals surface area contributed by atoms with Crippen molar-refractivity contribution in [1.82, 2.24) is 40.9 Å². The molecule has 0 aromatic carbocycles. The maximum atomic E-state index is 13.2. The lowest BCUT2D eigenvalue weighted by Gasteiger charge is -2.46. The van der Waals surface area contributed by atoms with Gasteiger partial charge in [-0.1, -0.05) is 86.8 Å². The quantitative estimate of drug-likeness (QED) is 0.0298. The van der Waals surface area contributed by atoms with E-state index in [0.29, 0.717) is 67.5 Å². The average Bonchev–Trinajstić information content (AvgIpc) is 1.47. The van der Waals surface area contributed by atoms with Gasteiger partial charge in [-0.05, 0) is 376 Å². The first kappa shape index (κ1) is 118. The number of nitrogens with one attached hydrogen (secondary N) is 4. The van der Waals surface area contributed by atoms with Crippen molar-refractivity contribution in [2.45, 2.75) is 377 Å². The van der Waals surface area contributed by atoms with Crippen LogP contribution in [0.1, 0.15) is 319 Å². The molecule has 3 amide bonds. The number of carbonyl (C=O) groups is 5. The smallest absolute Gasteiger partial charge is 0.480 e. The van der Waals surface area contributed by atoms with Crippen LogP contribution in [0.25, 0.3) is 0 Å². The number of nitrogens with zero attached hydrogens (tertiary/aromatic N) is 4. The highest BCUT2D eigenvalue weighted by molar-refractivity contribution is 6.41. The summed E-state index contributed by atoms with van der Waals surface area (Å²) in [5, 5.41) is 86.3. The largest absolute Gasteiger partial charge is 0.488 e. The van der Waals surface area contributed by atoms with Gasteiger partial charge in [0.2, 0.25) is 17.7 Å². The molecule has 6 saturated heterocycles. The lowest BCUT2D eigenvalue weighted by molar-refractivity contribution is -0.192. The van der Waals surface area contributed by atoms with Crippen molar-refractivity contribution in [3.8, 4) is 0 Å². The van der Waals surface area contributed by atoms with Gasteiger partial charge in [-0.25, -0.2) is 0 Å². The number of nitrogens with two attached hydrogens (primary N) is 2. The van der Waals surface area contributed by atoms with E-state index in [1.807, 2.05) is 75.3 Å². The third kappa shape index (κ3) is 39.2. The summed E-state index contributed by atoms with van der Waals surface area (Å²) in [5.41, 5.74) is 8.38. The SMILES string of the molecule is C.C.C1CCNC1.C=C[C@@H]1CC[C@@H](CC)[C@@](C)(C(=O)NC(C)(C)C)C1.C=C[C@@H]1CC[C@@H](CN2CCCC2)[C@@](C)(C(=O)NC(C)(C)C)C1.CC(C)(C)NC(=O)[C@@]1(C)C[C@H](CCB(O)O)CC[C@H]1CN1CCCC1.CC1(C)O[B]OC1(C)C.N[C@]1(C(=O)O)C[C@H](CCB(O)O)CC[C@H]1CN1CCCC1.N[C@]1(C(=O)O)C[C@H](CCB(O)O)CC[C@H]1CN1CCCC1.O=C=O. The number of hydrogen-bond acceptors (Lipinski definition) is 22. The van der Waals surface area contributed by atoms with Crippen molar-refractivity contribution < 1.29 is 83.2 Å². The molecule has 727 valence electrons. The van der Waals surface area contributed by atoms with E-state index in [1.165, 1.54) is 111 Å². The van der Waals surface area contributed by atoms with Crippen molar-refractivity contribution in [2.24, 2.45) is 86.9 Å². The Morgan fingerprint density at radius 1 is 0.437 bits per heavy atom. The Bertz CT molecular complexity index is 3120. The van der Waals surface area contributed by atoms with Crippen LogP contribution in [-0.2, 0) is 42.9 Å². The summed E-state index contributed by atoms with van der Waals surface area (Å²) < 4.78 is 10.4. The molecule has 31 heteroatoms. The zero-order chi connectivity index (χ0) is 93.3. The highest BCUT2D eigenvalue weighted by Crippen LogP contribution is 2.50. The van der Waals surface area contributed by atoms with Crippen molar-refractivity contribution in [1.29, 1.82) is 0 Å². The fraction of sp³-hybridized carbons (Fsp3) is 0.895. The number of likely N-dealkylation sites (tertiary alicyclic amines) is 4. The molecule has 0 aromatic heterocycles. The Morgan fingerprint density at radius 3 is 0.929 bits per heavy atom. The van der Waals surface area contributed by atoms with Gasteiger partial charge >= 0.3 is 47.1 Å². The average molecular weight is 1780 g/mol. The summed E-state index contributed by atoms with van der Waals surface area (Å²) in [6.45, 7) is 58.1. The molecule has 1 radical (unpaired) electrons. The zero-order valence-corrected chi connectivity index (χ0v) is 80.4. The Hall–Kier alpha value is -4.13. The maximum Gasteiger partial charge on any atom is 0.488 e. The number of rotatable bonds is 25. The van der Waals surface area contributed by atoms with Crippen LogP contribution in [-0.4, -0.2) is 255 Å². The second kappa shape index (κ2) is 54.9. The Kier molecular flexibility index (Phi) is 51.4. The third-order valence-corrected chi connectivity index (χ3v) is 29.3. The van der Waals surface area contributed by atoms with Crippen LogP contribution in [0.4, 0.5) is 0 Å². The highest BCUT2D eigenvalue weighted by atomic mass is 16.7. The van der Waals surface area contributed by atoms with E-state index in [1.54, 1.807) is 0 Å². The number of carboxylic acid groups (broad SMARTS) is 2. The van der Waals surface area contributed by atoms with Crippen molar-refractivity contribution in [2.75, 3.05) is 91.6 Å². The van der Waals surface area contributed by atoms with Gasteiger partial charge < -0.3 is 102 Å². The summed E-state index contributed by atoms with van der Waals surface area (Å²) >= 11 is 0. The van der Waals surface area contributed by atoms with E-state index in [9.17, 15) is 44.2 Å². The lowest BCUT2D eigenvalue weighted by Crippen LogP contribution is -2.59. The fourth-order valence-corrected chi connectivity index (χ4v) is 20.7. The zero-order valence-electron chi connectivity index (χ0n) is 80.4. The van der Waals surface area contributed by atoms with Gasteiger partial charge in [-0.15, -0.1) is 13.2 Å². The minimum Gasteiger partial charge on any atom is -0.480 e. The Labute approximate surface area is 765 Å². The van der Waals surface area contributed by atoms with E-state index >= 15 is 0 Å². The van der Waals surface area contributed by atoms with Crippen LogP contribution in [0.15, 0.2) is 25.3 Å². The number of aliphatic carboxylic acids is 2. The minimum atomic E-state index is -1.32. The van der Waals surface area contributed by atoms with Crippen molar-refractivity contribution in [3.63, 3.8) is 0 Å². The van der Waals surface area contributed by atoms with Crippen LogP contribution in [0.3, 0.4) is 0 Å². The van der Waals surface area contributed by atoms with Crippen molar-refractivity contribution in [3.05, 3.63) is 25.3 Å². The molecule has 11 fully saturated rings. The predicted molar refractivity (Wildman–Crippen MR) is 510 cm³/mol. The molecule has 0 aromatic rings. The molecule has 5 saturated carbocycles. The Morgan fingerprint density at radius 2 is 0.690 bits per heavy atom. The van der Waals surface area contributed by atoms with Gasteiger partial charge in [0.15, 0.2) is 0 Å². The number of carboxylic acids is 2. The summed E-state index contributed by atoms with van der Waals surface area (Å²) in [5.74, 6) is 1.80. The first-order valence-corrected chi connectivity index (χ1v) is 47.9. The summed E-state index contributed by atoms with van der Waals surface area (Å²) in [7, 11) is -2.45. The molecule has 0 bridgehead atoms. The van der Waals surface area contributed by atoms with Crippen LogP contribution in [0.2, 0.25) is 19.0 Å². The number of amides is 3. The van der Waals surface area contributed by atoms with Crippen LogP contribution >= 0.6 is 0 Å². The van der Waals surface area contributed by atoms with Crippen molar-refractivity contribution >= 4 is 64.9 Å². The monoisotopic (exact) mass is 1780 g/mol. The number of carbonyl (C=O) groups excluding carboxylic acids is 5. The summed E-state index contributed by atoms with van der Waals surface area (Å²) in [4.78, 5) is 88.2. The molecule has 6 heterocycles. The van der Waals surface area contributed by atoms with Crippen LogP contribution < -0.4 is 32.7 Å². The van der Waals surface area contributed by atoms with E-state index < -0.39 is 44.4 Å². The maximum absolute atomic E-state index is 13.2. The molecule has 0 unspecified atom stereocenters. The standard InChI is InChI=1S/C19H37BN2O3.C19H34N2O.C16H29NO.2C14H27BN2O4.C6H12BO2.C4H9N.CO2.2CH4/c1-18(2,3)21-17(23)19(4)13-15(9-10-20(24)25)7-8-16(19)14-22-11-5-6-12-22;1-6-15-9-10-16(14-21-11-7-8-12-21)19(5,13-15)17(22)20-18(2,3)4;1-7-12-9-10-13(8-2)16(6,11-12)14(18)17-15(3,4)5;2*16-14(13(18)19)9-11(5-6-15(20)21)3-4-12(14)10-17-7-1-2-8-17;1-5(2)6(3,4)9-7-8-5;1-2-4-5-3-1;2-1-3;;/h15-16,24-25H,5-14H2,1-4H3,(H,21,23);6,15-16H,1,7-14H2,2-5H3,(H,20,22);7,12-13H,1,8-11H2,2-6H3,(H,17,18);2*11-12,20-21H,1-10,16H2,(H,18,19);1-4H3;5H,1-4H2;;2*1H4/t15-,16-,19-;15-,16+,19+;12-,13-,16+;2*11-,12-,14+;;;;;/m01100...../s1. The fourth-order valence-electron chi connectivity index (χ4n) is 20.7. The molecule has 27 nitrogen and oxygen atoms in total. The second-order valence-electron chi connectivity index (χ2n) is 43.5. The molecule has 126 heavy (non-hydrogen) atoms. The molecule has 6 aliphatic heterocycles. The van der Waals surface area contributed by atoms with Gasteiger partial charge in [0.1, 0.15) is 11.1 Å². The van der Waals surface area contributed by atoms with E-state index in [2.05, 4.69) is 109 Å². The molecule has 11 aliphatic rings. The van der Waals surface area contributed by atoms with E-state index in [4.69, 9.17) is 50.5 Å². The van der Waals surface area contributed by atoms with Gasteiger partial charge in [0.05, 0.1) is 22.0 Å². The summed E-state index contributed by atoms with van der Waals surface area (Å²) in [6.07, 6.45) is 35.0. The molecule has 16 N–H and O–H groups in total. The number of allylic oxidation sites excluding steroid dienone is 2. The summed E-state index contributed by atoms with van der Waals surface area (Å²) in [6, 6.07) is 0.